The van der Waals surface area contributed by atoms with E-state index in [9.17, 15) is 19.5 Å². The van der Waals surface area contributed by atoms with Crippen molar-refractivity contribution in [3.63, 3.8) is 0 Å². The van der Waals surface area contributed by atoms with E-state index in [1.165, 1.54) is 0 Å². The van der Waals surface area contributed by atoms with Crippen molar-refractivity contribution < 1.29 is 24.2 Å². The van der Waals surface area contributed by atoms with Gasteiger partial charge in [-0.2, -0.15) is 0 Å². The fraction of sp³-hybridized carbons (Fsp3) is 0.550. The Morgan fingerprint density at radius 3 is 2.28 bits per heavy atom. The molecule has 0 radical (unpaired) electrons. The zero-order valence-corrected chi connectivity index (χ0v) is 15.0. The second-order valence-corrected chi connectivity index (χ2v) is 6.44. The lowest BCUT2D eigenvalue weighted by Gasteiger charge is -2.19. The molecule has 1 aromatic rings. The maximum Gasteiger partial charge on any atom is 0.339 e. The van der Waals surface area contributed by atoms with Gasteiger partial charge in [0.25, 0.3) is 0 Å². The summed E-state index contributed by atoms with van der Waals surface area (Å²) in [6.07, 6.45) is 6.14. The van der Waals surface area contributed by atoms with Gasteiger partial charge < -0.3 is 9.84 Å². The molecule has 0 atom stereocenters. The Balaban J connectivity index is 2.66. The van der Waals surface area contributed by atoms with Crippen LogP contribution in [-0.2, 0) is 17.6 Å². The van der Waals surface area contributed by atoms with Gasteiger partial charge in [-0.25, -0.2) is 4.79 Å². The summed E-state index contributed by atoms with van der Waals surface area (Å²) in [5, 5.41) is 9.58. The van der Waals surface area contributed by atoms with Gasteiger partial charge in [-0.15, -0.1) is 0 Å². The van der Waals surface area contributed by atoms with Crippen LogP contribution >= 0.6 is 0 Å². The zero-order valence-electron chi connectivity index (χ0n) is 15.0. The minimum absolute atomic E-state index is 0.0582. The molecule has 1 aliphatic heterocycles. The largest absolute Gasteiger partial charge is 0.478 e. The Kier molecular flexibility index (Phi) is 6.73. The van der Waals surface area contributed by atoms with Crippen molar-refractivity contribution in [2.45, 2.75) is 71.6 Å². The van der Waals surface area contributed by atoms with Crippen molar-refractivity contribution >= 4 is 17.7 Å². The molecule has 1 heterocycles. The molecule has 5 nitrogen and oxygen atoms in total. The summed E-state index contributed by atoms with van der Waals surface area (Å²) >= 11 is 0. The molecule has 5 heteroatoms. The number of fused-ring (bicyclic) bond motifs is 1. The number of carboxylic acids is 1. The normalized spacial score (nSPS) is 16.4. The van der Waals surface area contributed by atoms with E-state index < -0.39 is 11.9 Å². The number of ether oxygens (including phenoxy) is 1. The molecule has 0 amide bonds. The average molecular weight is 346 g/mol. The number of ketones is 1. The number of aryl methyl sites for hydroxylation is 1. The first kappa shape index (κ1) is 19.2. The molecule has 0 fully saturated rings. The molecule has 1 N–H and O–H groups in total. The second kappa shape index (κ2) is 8.79. The highest BCUT2D eigenvalue weighted by Gasteiger charge is 2.27. The fourth-order valence-corrected chi connectivity index (χ4v) is 3.41. The van der Waals surface area contributed by atoms with Gasteiger partial charge in [0.1, 0.15) is 5.56 Å². The first-order chi connectivity index (χ1) is 12.0. The van der Waals surface area contributed by atoms with Crippen molar-refractivity contribution in [3.05, 3.63) is 28.3 Å². The molecule has 0 aliphatic carbocycles. The van der Waals surface area contributed by atoms with Gasteiger partial charge >= 0.3 is 11.9 Å². The first-order valence-electron chi connectivity index (χ1n) is 9.15. The topological polar surface area (TPSA) is 80.7 Å². The maximum atomic E-state index is 12.9. The number of hydrogen-bond donors (Lipinski definition) is 1. The standard InChI is InChI=1S/C20H26O5/c1-3-13-12-15(20(23)24)19-18(14(13)4-2)16(21)10-8-6-5-7-9-11-17(22)25-19/h12H,3-11H2,1-2H3,(H,23,24). The summed E-state index contributed by atoms with van der Waals surface area (Å²) in [5.41, 5.74) is 1.84. The van der Waals surface area contributed by atoms with Crippen LogP contribution in [0.1, 0.15) is 90.6 Å². The fourth-order valence-electron chi connectivity index (χ4n) is 3.41. The Hall–Kier alpha value is -2.17. The molecule has 25 heavy (non-hydrogen) atoms. The van der Waals surface area contributed by atoms with Crippen LogP contribution < -0.4 is 4.74 Å². The number of carboxylic acid groups (broad SMARTS) is 1. The summed E-state index contributed by atoms with van der Waals surface area (Å²) in [4.78, 5) is 36.8. The van der Waals surface area contributed by atoms with Crippen molar-refractivity contribution in [1.82, 2.24) is 0 Å². The predicted molar refractivity (Wildman–Crippen MR) is 94.4 cm³/mol. The number of carbonyl (C=O) groups excluding carboxylic acids is 2. The van der Waals surface area contributed by atoms with Gasteiger partial charge in [0.15, 0.2) is 11.5 Å². The zero-order chi connectivity index (χ0) is 18.4. The third-order valence-electron chi connectivity index (χ3n) is 4.72. The lowest BCUT2D eigenvalue weighted by molar-refractivity contribution is -0.134. The number of benzene rings is 1. The van der Waals surface area contributed by atoms with Crippen molar-refractivity contribution in [3.8, 4) is 5.75 Å². The Morgan fingerprint density at radius 2 is 1.68 bits per heavy atom. The molecule has 136 valence electrons. The number of Topliss-reactive ketones (excluding diaryl/α,β-unsaturated/α-hetero) is 1. The molecule has 1 aliphatic rings. The highest BCUT2D eigenvalue weighted by Crippen LogP contribution is 2.34. The van der Waals surface area contributed by atoms with Crippen LogP contribution in [0.5, 0.6) is 5.75 Å². The molecule has 2 rings (SSSR count). The van der Waals surface area contributed by atoms with Gasteiger partial charge in [-0.1, -0.05) is 33.1 Å². The van der Waals surface area contributed by atoms with Gasteiger partial charge in [-0.05, 0) is 42.9 Å². The third kappa shape index (κ3) is 4.47. The van der Waals surface area contributed by atoms with Crippen LogP contribution in [0.25, 0.3) is 0 Å². The van der Waals surface area contributed by atoms with E-state index in [-0.39, 0.29) is 23.5 Å². The van der Waals surface area contributed by atoms with E-state index in [4.69, 9.17) is 4.74 Å². The molecule has 0 bridgehead atoms. The van der Waals surface area contributed by atoms with Crippen LogP contribution in [0.3, 0.4) is 0 Å². The summed E-state index contributed by atoms with van der Waals surface area (Å²) in [6, 6.07) is 1.55. The predicted octanol–water partition coefficient (Wildman–Crippen LogP) is 4.34. The molecule has 0 unspecified atom stereocenters. The van der Waals surface area contributed by atoms with Crippen LogP contribution in [-0.4, -0.2) is 22.8 Å². The third-order valence-corrected chi connectivity index (χ3v) is 4.72. The van der Waals surface area contributed by atoms with Crippen molar-refractivity contribution in [2.75, 3.05) is 0 Å². The lowest BCUT2D eigenvalue weighted by Crippen LogP contribution is -2.18. The second-order valence-electron chi connectivity index (χ2n) is 6.44. The van der Waals surface area contributed by atoms with Crippen molar-refractivity contribution in [2.24, 2.45) is 0 Å². The van der Waals surface area contributed by atoms with Gasteiger partial charge in [-0.3, -0.25) is 9.59 Å². The van der Waals surface area contributed by atoms with Crippen LogP contribution in [0.2, 0.25) is 0 Å². The quantitative estimate of drug-likeness (QED) is 0.650. The van der Waals surface area contributed by atoms with E-state index in [2.05, 4.69) is 0 Å². The van der Waals surface area contributed by atoms with E-state index in [0.717, 1.165) is 43.2 Å². The highest BCUT2D eigenvalue weighted by atomic mass is 16.5. The monoisotopic (exact) mass is 346 g/mol. The van der Waals surface area contributed by atoms with Crippen LogP contribution in [0.4, 0.5) is 0 Å². The Morgan fingerprint density at radius 1 is 1.04 bits per heavy atom. The molecule has 0 spiro atoms. The Labute approximate surface area is 148 Å². The van der Waals surface area contributed by atoms with Gasteiger partial charge in [0, 0.05) is 12.8 Å². The summed E-state index contributed by atoms with van der Waals surface area (Å²) < 4.78 is 5.43. The first-order valence-corrected chi connectivity index (χ1v) is 9.15. The summed E-state index contributed by atoms with van der Waals surface area (Å²) in [6.45, 7) is 3.86. The smallest absolute Gasteiger partial charge is 0.339 e. The SMILES string of the molecule is CCc1cc(C(=O)O)c2c(c1CC)C(=O)CCCCCCCC(=O)O2. The number of rotatable bonds is 3. The minimum atomic E-state index is -1.18. The minimum Gasteiger partial charge on any atom is -0.478 e. The lowest BCUT2D eigenvalue weighted by atomic mass is 9.89. The Bertz CT molecular complexity index is 675. The molecule has 0 saturated carbocycles. The maximum absolute atomic E-state index is 12.9. The number of carbonyl (C=O) groups is 3. The highest BCUT2D eigenvalue weighted by molar-refractivity contribution is 6.05. The summed E-state index contributed by atoms with van der Waals surface area (Å²) in [7, 11) is 0. The van der Waals surface area contributed by atoms with E-state index in [1.807, 2.05) is 13.8 Å². The molecular weight excluding hydrogens is 320 g/mol. The number of hydrogen-bond acceptors (Lipinski definition) is 4. The van der Waals surface area contributed by atoms with Crippen molar-refractivity contribution in [1.29, 1.82) is 0 Å². The summed E-state index contributed by atoms with van der Waals surface area (Å²) in [5.74, 6) is -1.83. The van der Waals surface area contributed by atoms with Crippen LogP contribution in [0, 0.1) is 0 Å². The number of esters is 1. The molecule has 1 aromatic carbocycles. The van der Waals surface area contributed by atoms with Gasteiger partial charge in [0.05, 0.1) is 5.56 Å². The van der Waals surface area contributed by atoms with E-state index >= 15 is 0 Å². The molecule has 0 saturated heterocycles. The van der Waals surface area contributed by atoms with Gasteiger partial charge in [0.2, 0.25) is 0 Å². The van der Waals surface area contributed by atoms with Crippen LogP contribution in [0.15, 0.2) is 6.07 Å². The average Bonchev–Trinajstić information content (AvgIpc) is 2.58. The number of aromatic carboxylic acids is 1. The van der Waals surface area contributed by atoms with E-state index in [0.29, 0.717) is 24.8 Å². The molecule has 0 aromatic heterocycles. The molecular formula is C20H26O5. The van der Waals surface area contributed by atoms with E-state index in [1.54, 1.807) is 6.07 Å².